The lowest BCUT2D eigenvalue weighted by Gasteiger charge is -2.21. The van der Waals surface area contributed by atoms with Gasteiger partial charge in [-0.3, -0.25) is 0 Å². The molecule has 0 bridgehead atoms. The molecule has 0 aliphatic carbocycles. The molecular formula is C14H22N2O. The van der Waals surface area contributed by atoms with Crippen LogP contribution in [0, 0.1) is 0 Å². The lowest BCUT2D eigenvalue weighted by Crippen LogP contribution is -2.36. The summed E-state index contributed by atoms with van der Waals surface area (Å²) >= 11 is 0. The van der Waals surface area contributed by atoms with Crippen LogP contribution < -0.4 is 5.32 Å². The van der Waals surface area contributed by atoms with Gasteiger partial charge in [-0.25, -0.2) is 0 Å². The highest BCUT2D eigenvalue weighted by atomic mass is 16.3. The molecule has 0 aromatic heterocycles. The number of benzene rings is 1. The maximum atomic E-state index is 9.50. The molecule has 2 N–H and O–H groups in total. The van der Waals surface area contributed by atoms with Crippen LogP contribution in [0.15, 0.2) is 30.3 Å². The Balaban J connectivity index is 1.97. The Hall–Kier alpha value is -0.900. The van der Waals surface area contributed by atoms with Crippen LogP contribution in [0.5, 0.6) is 0 Å². The van der Waals surface area contributed by atoms with Crippen molar-refractivity contribution in [2.24, 2.45) is 0 Å². The van der Waals surface area contributed by atoms with Crippen molar-refractivity contribution in [2.75, 3.05) is 20.2 Å². The molecule has 3 atom stereocenters. The third-order valence-corrected chi connectivity index (χ3v) is 3.71. The molecule has 1 aromatic carbocycles. The molecule has 1 fully saturated rings. The van der Waals surface area contributed by atoms with Crippen LogP contribution in [0.4, 0.5) is 0 Å². The van der Waals surface area contributed by atoms with Crippen LogP contribution in [0.25, 0.3) is 0 Å². The number of hydrogen-bond donors (Lipinski definition) is 2. The van der Waals surface area contributed by atoms with Gasteiger partial charge in [0, 0.05) is 18.6 Å². The van der Waals surface area contributed by atoms with E-state index in [9.17, 15) is 5.11 Å². The molecule has 0 saturated carbocycles. The molecule has 2 rings (SSSR count). The summed E-state index contributed by atoms with van der Waals surface area (Å²) in [7, 11) is 2.16. The topological polar surface area (TPSA) is 35.5 Å². The van der Waals surface area contributed by atoms with Gasteiger partial charge < -0.3 is 15.3 Å². The highest BCUT2D eigenvalue weighted by Crippen LogP contribution is 2.19. The van der Waals surface area contributed by atoms with E-state index in [-0.39, 0.29) is 12.6 Å². The highest BCUT2D eigenvalue weighted by molar-refractivity contribution is 5.19. The highest BCUT2D eigenvalue weighted by Gasteiger charge is 2.27. The second kappa shape index (κ2) is 5.63. The largest absolute Gasteiger partial charge is 0.394 e. The van der Waals surface area contributed by atoms with Crippen molar-refractivity contribution in [3.05, 3.63) is 35.9 Å². The molecule has 2 unspecified atom stereocenters. The minimum atomic E-state index is 0.0555. The molecule has 1 aromatic rings. The second-order valence-electron chi connectivity index (χ2n) is 5.03. The maximum Gasteiger partial charge on any atom is 0.0626 e. The van der Waals surface area contributed by atoms with E-state index >= 15 is 0 Å². The van der Waals surface area contributed by atoms with E-state index in [1.165, 1.54) is 0 Å². The minimum Gasteiger partial charge on any atom is -0.394 e. The molecule has 1 aliphatic rings. The zero-order chi connectivity index (χ0) is 12.3. The second-order valence-corrected chi connectivity index (χ2v) is 5.03. The van der Waals surface area contributed by atoms with Gasteiger partial charge in [0.15, 0.2) is 0 Å². The summed E-state index contributed by atoms with van der Waals surface area (Å²) in [4.78, 5) is 2.36. The van der Waals surface area contributed by atoms with Crippen molar-refractivity contribution >= 4 is 0 Å². The maximum absolute atomic E-state index is 9.50. The van der Waals surface area contributed by atoms with Gasteiger partial charge in [0.05, 0.1) is 12.6 Å². The summed E-state index contributed by atoms with van der Waals surface area (Å²) < 4.78 is 0. The molecule has 0 spiro atoms. The average Bonchev–Trinajstić information content (AvgIpc) is 2.67. The van der Waals surface area contributed by atoms with E-state index in [1.54, 1.807) is 0 Å². The van der Waals surface area contributed by atoms with Crippen molar-refractivity contribution in [3.8, 4) is 0 Å². The fraction of sp³-hybridized carbons (Fsp3) is 0.571. The van der Waals surface area contributed by atoms with E-state index in [1.807, 2.05) is 18.2 Å². The Morgan fingerprint density at radius 1 is 1.41 bits per heavy atom. The van der Waals surface area contributed by atoms with Gasteiger partial charge in [-0.1, -0.05) is 30.3 Å². The first kappa shape index (κ1) is 12.6. The number of hydrogen-bond acceptors (Lipinski definition) is 3. The zero-order valence-corrected chi connectivity index (χ0v) is 10.6. The number of likely N-dealkylation sites (tertiary alicyclic amines) is 1. The van der Waals surface area contributed by atoms with Crippen molar-refractivity contribution in [1.29, 1.82) is 0 Å². The predicted octanol–water partition coefficient (Wildman–Crippen LogP) is 1.40. The van der Waals surface area contributed by atoms with Gasteiger partial charge in [0.1, 0.15) is 0 Å². The number of rotatable bonds is 4. The van der Waals surface area contributed by atoms with Crippen molar-refractivity contribution in [3.63, 3.8) is 0 Å². The van der Waals surface area contributed by atoms with E-state index in [4.69, 9.17) is 0 Å². The summed E-state index contributed by atoms with van der Waals surface area (Å²) in [5.41, 5.74) is 1.16. The van der Waals surface area contributed by atoms with E-state index in [2.05, 4.69) is 36.3 Å². The van der Waals surface area contributed by atoms with Crippen molar-refractivity contribution in [2.45, 2.75) is 31.5 Å². The first-order valence-electron chi connectivity index (χ1n) is 6.32. The van der Waals surface area contributed by atoms with E-state index in [0.717, 1.165) is 18.5 Å². The normalized spacial score (nSPS) is 27.2. The van der Waals surface area contributed by atoms with Crippen molar-refractivity contribution < 1.29 is 5.11 Å². The smallest absolute Gasteiger partial charge is 0.0626 e. The Bertz CT molecular complexity index is 331. The molecule has 3 nitrogen and oxygen atoms in total. The van der Waals surface area contributed by atoms with Gasteiger partial charge in [-0.05, 0) is 26.0 Å². The molecule has 1 heterocycles. The first-order chi connectivity index (χ1) is 8.20. The SMILES string of the molecule is CC1CC(N[C@H](CO)c2ccccc2)CN1C. The molecular weight excluding hydrogens is 212 g/mol. The Morgan fingerprint density at radius 2 is 2.12 bits per heavy atom. The fourth-order valence-electron chi connectivity index (χ4n) is 2.54. The molecule has 0 amide bonds. The lowest BCUT2D eigenvalue weighted by atomic mass is 10.1. The standard InChI is InChI=1S/C14H22N2O/c1-11-8-13(9-16(11)2)15-14(10-17)12-6-4-3-5-7-12/h3-7,11,13-15,17H,8-10H2,1-2H3/t11?,13?,14-/m1/s1. The van der Waals surface area contributed by atoms with Gasteiger partial charge in [-0.2, -0.15) is 0 Å². The van der Waals surface area contributed by atoms with Gasteiger partial charge in [0.25, 0.3) is 0 Å². The molecule has 3 heteroatoms. The lowest BCUT2D eigenvalue weighted by molar-refractivity contribution is 0.232. The quantitative estimate of drug-likeness (QED) is 0.826. The average molecular weight is 234 g/mol. The van der Waals surface area contributed by atoms with Gasteiger partial charge in [0.2, 0.25) is 0 Å². The third kappa shape index (κ3) is 3.06. The van der Waals surface area contributed by atoms with E-state index in [0.29, 0.717) is 12.1 Å². The molecule has 94 valence electrons. The summed E-state index contributed by atoms with van der Waals surface area (Å²) in [6, 6.07) is 11.3. The molecule has 1 aliphatic heterocycles. The van der Waals surface area contributed by atoms with Crippen LogP contribution >= 0.6 is 0 Å². The number of aliphatic hydroxyl groups excluding tert-OH is 1. The third-order valence-electron chi connectivity index (χ3n) is 3.71. The predicted molar refractivity (Wildman–Crippen MR) is 69.9 cm³/mol. The van der Waals surface area contributed by atoms with Crippen LogP contribution in [0.2, 0.25) is 0 Å². The number of nitrogens with zero attached hydrogens (tertiary/aromatic N) is 1. The molecule has 17 heavy (non-hydrogen) atoms. The van der Waals surface area contributed by atoms with Crippen LogP contribution in [0.1, 0.15) is 24.9 Å². The summed E-state index contributed by atoms with van der Waals surface area (Å²) in [5, 5.41) is 13.0. The first-order valence-corrected chi connectivity index (χ1v) is 6.32. The molecule has 0 radical (unpaired) electrons. The van der Waals surface area contributed by atoms with E-state index < -0.39 is 0 Å². The number of likely N-dealkylation sites (N-methyl/N-ethyl adjacent to an activating group) is 1. The Kier molecular flexibility index (Phi) is 4.15. The Morgan fingerprint density at radius 3 is 2.65 bits per heavy atom. The zero-order valence-electron chi connectivity index (χ0n) is 10.6. The minimum absolute atomic E-state index is 0.0555. The van der Waals surface area contributed by atoms with Gasteiger partial charge in [-0.15, -0.1) is 0 Å². The van der Waals surface area contributed by atoms with Crippen molar-refractivity contribution in [1.82, 2.24) is 10.2 Å². The van der Waals surface area contributed by atoms with Crippen LogP contribution in [0.3, 0.4) is 0 Å². The fourth-order valence-corrected chi connectivity index (χ4v) is 2.54. The summed E-state index contributed by atoms with van der Waals surface area (Å²) in [5.74, 6) is 0. The molecule has 1 saturated heterocycles. The summed E-state index contributed by atoms with van der Waals surface area (Å²) in [6.45, 7) is 3.46. The van der Waals surface area contributed by atoms with Crippen LogP contribution in [-0.4, -0.2) is 42.3 Å². The Labute approximate surface area is 103 Å². The monoisotopic (exact) mass is 234 g/mol. The van der Waals surface area contributed by atoms with Crippen LogP contribution in [-0.2, 0) is 0 Å². The van der Waals surface area contributed by atoms with Gasteiger partial charge >= 0.3 is 0 Å². The number of aliphatic hydroxyl groups is 1. The summed E-state index contributed by atoms with van der Waals surface area (Å²) in [6.07, 6.45) is 1.15. The number of nitrogens with one attached hydrogen (secondary N) is 1.